The molecule has 0 spiro atoms. The largest absolute Gasteiger partial charge is 0.496 e. The minimum absolute atomic E-state index is 0.194. The molecule has 0 fully saturated rings. The number of halogens is 1. The van der Waals surface area contributed by atoms with Gasteiger partial charge in [0.05, 0.1) is 37.6 Å². The molecule has 156 valence electrons. The van der Waals surface area contributed by atoms with E-state index < -0.39 is 5.97 Å². The van der Waals surface area contributed by atoms with Crippen molar-refractivity contribution in [1.82, 2.24) is 5.43 Å². The number of carbonyl (C=O) groups is 1. The average molecular weight is 465 g/mol. The zero-order valence-electron chi connectivity index (χ0n) is 16.7. The first-order valence-corrected chi connectivity index (χ1v) is 10.0. The molecule has 0 saturated carbocycles. The van der Waals surface area contributed by atoms with E-state index in [4.69, 9.17) is 18.9 Å². The Morgan fingerprint density at radius 1 is 1.14 bits per heavy atom. The fourth-order valence-corrected chi connectivity index (χ4v) is 3.07. The first-order chi connectivity index (χ1) is 14.1. The molecule has 0 aromatic heterocycles. The van der Waals surface area contributed by atoms with Gasteiger partial charge >= 0.3 is 5.97 Å². The van der Waals surface area contributed by atoms with Crippen molar-refractivity contribution in [3.63, 3.8) is 0 Å². The summed E-state index contributed by atoms with van der Waals surface area (Å²) in [5, 5.41) is 4.26. The Bertz CT molecular complexity index is 842. The smallest absolute Gasteiger partial charge is 0.344 e. The third-order valence-electron chi connectivity index (χ3n) is 3.74. The number of esters is 1. The zero-order valence-corrected chi connectivity index (χ0v) is 18.3. The average Bonchev–Trinajstić information content (AvgIpc) is 2.71. The molecular formula is C21H25BrN2O5. The van der Waals surface area contributed by atoms with Crippen molar-refractivity contribution < 1.29 is 23.7 Å². The summed E-state index contributed by atoms with van der Waals surface area (Å²) < 4.78 is 22.1. The maximum Gasteiger partial charge on any atom is 0.344 e. The third-order valence-corrected chi connectivity index (χ3v) is 4.33. The van der Waals surface area contributed by atoms with E-state index in [0.717, 1.165) is 16.9 Å². The fraction of sp³-hybridized carbons (Fsp3) is 0.333. The van der Waals surface area contributed by atoms with Gasteiger partial charge in [0, 0.05) is 5.56 Å². The summed E-state index contributed by atoms with van der Waals surface area (Å²) in [5.74, 6) is 1.32. The van der Waals surface area contributed by atoms with Gasteiger partial charge in [-0.2, -0.15) is 5.10 Å². The van der Waals surface area contributed by atoms with Crippen molar-refractivity contribution in [1.29, 1.82) is 0 Å². The monoisotopic (exact) mass is 464 g/mol. The molecule has 2 rings (SSSR count). The summed E-state index contributed by atoms with van der Waals surface area (Å²) in [6.45, 7) is 4.71. The van der Waals surface area contributed by atoms with E-state index in [1.165, 1.54) is 0 Å². The third kappa shape index (κ3) is 6.98. The van der Waals surface area contributed by atoms with Gasteiger partial charge in [-0.25, -0.2) is 4.79 Å². The molecule has 0 aliphatic rings. The highest BCUT2D eigenvalue weighted by molar-refractivity contribution is 9.10. The van der Waals surface area contributed by atoms with Crippen molar-refractivity contribution in [2.45, 2.75) is 20.4 Å². The molecule has 1 N–H and O–H groups in total. The van der Waals surface area contributed by atoms with Crippen molar-refractivity contribution in [3.05, 3.63) is 52.0 Å². The number of methoxy groups -OCH3 is 1. The summed E-state index contributed by atoms with van der Waals surface area (Å²) in [6, 6.07) is 11.4. The maximum absolute atomic E-state index is 11.6. The summed E-state index contributed by atoms with van der Waals surface area (Å²) in [4.78, 5) is 11.6. The molecule has 0 aliphatic carbocycles. The van der Waals surface area contributed by atoms with Crippen LogP contribution in [0.1, 0.15) is 25.0 Å². The Morgan fingerprint density at radius 3 is 2.66 bits per heavy atom. The molecule has 0 bridgehead atoms. The Hall–Kier alpha value is -2.74. The quantitative estimate of drug-likeness (QED) is 0.308. The van der Waals surface area contributed by atoms with Crippen LogP contribution in [0.25, 0.3) is 0 Å². The summed E-state index contributed by atoms with van der Waals surface area (Å²) in [7, 11) is 1.64. The number of hydrazone groups is 1. The number of nitrogens with one attached hydrogen (secondary N) is 1. The van der Waals surface area contributed by atoms with Crippen LogP contribution in [-0.4, -0.2) is 39.1 Å². The number of nitrogens with zero attached hydrogens (tertiary/aromatic N) is 1. The normalized spacial score (nSPS) is 10.6. The molecule has 7 nitrogen and oxygen atoms in total. The van der Waals surface area contributed by atoms with Gasteiger partial charge in [-0.3, -0.25) is 0 Å². The Labute approximate surface area is 179 Å². The second-order valence-electron chi connectivity index (χ2n) is 5.76. The number of ether oxygens (including phenoxy) is 4. The second kappa shape index (κ2) is 12.0. The predicted octanol–water partition coefficient (Wildman–Crippen LogP) is 3.92. The maximum atomic E-state index is 11.6. The molecule has 2 aromatic carbocycles. The van der Waals surface area contributed by atoms with E-state index in [-0.39, 0.29) is 6.61 Å². The molecule has 0 heterocycles. The van der Waals surface area contributed by atoms with Crippen LogP contribution in [0.4, 0.5) is 0 Å². The van der Waals surface area contributed by atoms with Crippen LogP contribution < -0.4 is 19.6 Å². The van der Waals surface area contributed by atoms with Gasteiger partial charge in [0.25, 0.3) is 0 Å². The van der Waals surface area contributed by atoms with Gasteiger partial charge in [-0.1, -0.05) is 18.2 Å². The molecule has 0 aliphatic heterocycles. The Kier molecular flexibility index (Phi) is 9.30. The molecular weight excluding hydrogens is 440 g/mol. The number of benzene rings is 2. The lowest BCUT2D eigenvalue weighted by atomic mass is 10.2. The van der Waals surface area contributed by atoms with Gasteiger partial charge < -0.3 is 24.4 Å². The van der Waals surface area contributed by atoms with Gasteiger partial charge in [-0.05, 0) is 53.5 Å². The van der Waals surface area contributed by atoms with E-state index in [1.54, 1.807) is 26.3 Å². The van der Waals surface area contributed by atoms with Gasteiger partial charge in [-0.15, -0.1) is 0 Å². The highest BCUT2D eigenvalue weighted by Gasteiger charge is 2.14. The number of hydrogen-bond acceptors (Lipinski definition) is 7. The summed E-state index contributed by atoms with van der Waals surface area (Å²) in [6.07, 6.45) is 1.68. The number of rotatable bonds is 11. The Balaban J connectivity index is 2.06. The highest BCUT2D eigenvalue weighted by atomic mass is 79.9. The zero-order chi connectivity index (χ0) is 21.1. The fourth-order valence-electron chi connectivity index (χ4n) is 2.50. The molecule has 2 aromatic rings. The molecule has 0 unspecified atom stereocenters. The standard InChI is InChI=1S/C21H25BrN2O5/c1-4-27-19-11-15(10-17(22)21(19)29-14-20(25)28-5-2)12-23-24-13-16-8-6-7-9-18(16)26-3/h6-12,24H,4-5,13-14H2,1-3H3/b23-12+. The van der Waals surface area contributed by atoms with Crippen LogP contribution in [0, 0.1) is 0 Å². The van der Waals surface area contributed by atoms with E-state index in [0.29, 0.717) is 35.7 Å². The number of carbonyl (C=O) groups excluding carboxylic acids is 1. The molecule has 0 amide bonds. The van der Waals surface area contributed by atoms with Crippen LogP contribution in [0.15, 0.2) is 46.0 Å². The molecule has 29 heavy (non-hydrogen) atoms. The molecule has 0 saturated heterocycles. The van der Waals surface area contributed by atoms with E-state index in [1.807, 2.05) is 37.3 Å². The van der Waals surface area contributed by atoms with Crippen molar-refractivity contribution in [3.8, 4) is 17.2 Å². The SMILES string of the molecule is CCOC(=O)COc1c(Br)cc(/C=N/NCc2ccccc2OC)cc1OCC. The predicted molar refractivity (Wildman–Crippen MR) is 115 cm³/mol. The number of hydrogen-bond donors (Lipinski definition) is 1. The van der Waals surface area contributed by atoms with Gasteiger partial charge in [0.1, 0.15) is 5.75 Å². The van der Waals surface area contributed by atoms with Crippen LogP contribution in [0.3, 0.4) is 0 Å². The van der Waals surface area contributed by atoms with Crippen molar-refractivity contribution in [2.75, 3.05) is 26.9 Å². The van der Waals surface area contributed by atoms with Crippen LogP contribution in [0.2, 0.25) is 0 Å². The highest BCUT2D eigenvalue weighted by Crippen LogP contribution is 2.36. The minimum Gasteiger partial charge on any atom is -0.496 e. The summed E-state index contributed by atoms with van der Waals surface area (Å²) in [5.41, 5.74) is 4.81. The van der Waals surface area contributed by atoms with E-state index >= 15 is 0 Å². The van der Waals surface area contributed by atoms with E-state index in [2.05, 4.69) is 26.5 Å². The van der Waals surface area contributed by atoms with Gasteiger partial charge in [0.2, 0.25) is 0 Å². The lowest BCUT2D eigenvalue weighted by molar-refractivity contribution is -0.145. The van der Waals surface area contributed by atoms with Gasteiger partial charge in [0.15, 0.2) is 18.1 Å². The lowest BCUT2D eigenvalue weighted by Crippen LogP contribution is -2.15. The van der Waals surface area contributed by atoms with Crippen LogP contribution in [-0.2, 0) is 16.1 Å². The molecule has 8 heteroatoms. The minimum atomic E-state index is -0.437. The van der Waals surface area contributed by atoms with Crippen molar-refractivity contribution >= 4 is 28.1 Å². The molecule has 0 radical (unpaired) electrons. The van der Waals surface area contributed by atoms with Crippen LogP contribution >= 0.6 is 15.9 Å². The first-order valence-electron chi connectivity index (χ1n) is 9.21. The number of para-hydroxylation sites is 1. The first kappa shape index (κ1) is 22.5. The Morgan fingerprint density at radius 2 is 1.93 bits per heavy atom. The van der Waals surface area contributed by atoms with E-state index in [9.17, 15) is 4.79 Å². The second-order valence-corrected chi connectivity index (χ2v) is 6.62. The summed E-state index contributed by atoms with van der Waals surface area (Å²) >= 11 is 3.47. The van der Waals surface area contributed by atoms with Crippen LogP contribution in [0.5, 0.6) is 17.2 Å². The topological polar surface area (TPSA) is 78.4 Å². The molecule has 0 atom stereocenters. The van der Waals surface area contributed by atoms with Crippen molar-refractivity contribution in [2.24, 2.45) is 5.10 Å². The lowest BCUT2D eigenvalue weighted by Gasteiger charge is -2.14.